The average Bonchev–Trinajstić information content (AvgIpc) is 2.15. The second-order valence-electron chi connectivity index (χ2n) is 2.83. The lowest BCUT2D eigenvalue weighted by Gasteiger charge is -2.03. The van der Waals surface area contributed by atoms with Crippen LogP contribution < -0.4 is 0 Å². The zero-order valence-electron chi connectivity index (χ0n) is 7.39. The lowest BCUT2D eigenvalue weighted by Crippen LogP contribution is -2.17. The Morgan fingerprint density at radius 3 is 2.00 bits per heavy atom. The standard InChI is InChI=1S/C5H9NO.C3H6O/c1-6-4-2-3-5(6)7;1-3(2)4/h2-4H2,1H3;1-2H3. The largest absolute Gasteiger partial charge is 0.346 e. The van der Waals surface area contributed by atoms with Crippen LogP contribution in [0.3, 0.4) is 0 Å². The smallest absolute Gasteiger partial charge is 0.222 e. The molecule has 0 saturated carbocycles. The van der Waals surface area contributed by atoms with Crippen molar-refractivity contribution in [3.63, 3.8) is 0 Å². The van der Waals surface area contributed by atoms with Crippen molar-refractivity contribution in [2.75, 3.05) is 13.6 Å². The van der Waals surface area contributed by atoms with E-state index in [0.717, 1.165) is 19.4 Å². The number of nitrogens with zero attached hydrogens (tertiary/aromatic N) is 1. The molecular weight excluding hydrogens is 142 g/mol. The molecule has 0 aliphatic carbocycles. The van der Waals surface area contributed by atoms with Crippen LogP contribution in [-0.2, 0) is 9.59 Å². The lowest BCUT2D eigenvalue weighted by molar-refractivity contribution is -0.126. The first kappa shape index (κ1) is 10.1. The molecule has 1 heterocycles. The van der Waals surface area contributed by atoms with Gasteiger partial charge in [0, 0.05) is 20.0 Å². The van der Waals surface area contributed by atoms with Gasteiger partial charge in [-0.05, 0) is 20.3 Å². The fourth-order valence-corrected chi connectivity index (χ4v) is 0.783. The maximum absolute atomic E-state index is 10.5. The molecule has 3 nitrogen and oxygen atoms in total. The van der Waals surface area contributed by atoms with E-state index in [2.05, 4.69) is 0 Å². The van der Waals surface area contributed by atoms with Gasteiger partial charge in [-0.15, -0.1) is 0 Å². The van der Waals surface area contributed by atoms with Crippen LogP contribution in [0, 0.1) is 0 Å². The summed E-state index contributed by atoms with van der Waals surface area (Å²) in [6, 6.07) is 0. The van der Waals surface area contributed by atoms with Gasteiger partial charge in [-0.3, -0.25) is 4.79 Å². The Morgan fingerprint density at radius 2 is 1.91 bits per heavy atom. The Hall–Kier alpha value is -0.860. The van der Waals surface area contributed by atoms with Crippen LogP contribution in [0.2, 0.25) is 0 Å². The highest BCUT2D eigenvalue weighted by molar-refractivity contribution is 5.77. The maximum atomic E-state index is 10.5. The van der Waals surface area contributed by atoms with Crippen molar-refractivity contribution in [3.8, 4) is 0 Å². The maximum Gasteiger partial charge on any atom is 0.222 e. The number of likely N-dealkylation sites (tertiary alicyclic amines) is 1. The van der Waals surface area contributed by atoms with Crippen molar-refractivity contribution in [2.45, 2.75) is 26.7 Å². The third-order valence-electron chi connectivity index (χ3n) is 1.31. The van der Waals surface area contributed by atoms with E-state index >= 15 is 0 Å². The molecule has 1 fully saturated rings. The Morgan fingerprint density at radius 1 is 1.45 bits per heavy atom. The van der Waals surface area contributed by atoms with Gasteiger partial charge in [0.1, 0.15) is 5.78 Å². The molecular formula is C8H15NO2. The highest BCUT2D eigenvalue weighted by atomic mass is 16.2. The molecule has 0 unspecified atom stereocenters. The zero-order chi connectivity index (χ0) is 8.85. The van der Waals surface area contributed by atoms with Crippen molar-refractivity contribution in [1.82, 2.24) is 4.90 Å². The first-order valence-corrected chi connectivity index (χ1v) is 3.75. The van der Waals surface area contributed by atoms with Crippen LogP contribution >= 0.6 is 0 Å². The summed E-state index contributed by atoms with van der Waals surface area (Å²) in [5, 5.41) is 0. The lowest BCUT2D eigenvalue weighted by atomic mass is 10.4. The Bertz CT molecular complexity index is 150. The number of carbonyl (C=O) groups excluding carboxylic acids is 2. The summed E-state index contributed by atoms with van der Waals surface area (Å²) in [6.45, 7) is 4.01. The Kier molecular flexibility index (Phi) is 4.50. The molecule has 1 rings (SSSR count). The van der Waals surface area contributed by atoms with Gasteiger partial charge in [0.05, 0.1) is 0 Å². The van der Waals surface area contributed by atoms with Gasteiger partial charge in [-0.1, -0.05) is 0 Å². The fraction of sp³-hybridized carbons (Fsp3) is 0.750. The second kappa shape index (κ2) is 4.88. The molecule has 0 aromatic carbocycles. The normalized spacial score (nSPS) is 15.9. The van der Waals surface area contributed by atoms with Gasteiger partial charge in [-0.2, -0.15) is 0 Å². The quantitative estimate of drug-likeness (QED) is 0.522. The number of ketones is 1. The summed E-state index contributed by atoms with van der Waals surface area (Å²) in [5.74, 6) is 0.458. The molecule has 11 heavy (non-hydrogen) atoms. The molecule has 0 bridgehead atoms. The van der Waals surface area contributed by atoms with Crippen LogP contribution in [0.25, 0.3) is 0 Å². The van der Waals surface area contributed by atoms with E-state index in [1.54, 1.807) is 4.90 Å². The highest BCUT2D eigenvalue weighted by Gasteiger charge is 2.14. The van der Waals surface area contributed by atoms with Gasteiger partial charge >= 0.3 is 0 Å². The first-order chi connectivity index (χ1) is 5.04. The number of hydrogen-bond donors (Lipinski definition) is 0. The fourth-order valence-electron chi connectivity index (χ4n) is 0.783. The number of rotatable bonds is 0. The number of carbonyl (C=O) groups is 2. The Labute approximate surface area is 67.4 Å². The van der Waals surface area contributed by atoms with Gasteiger partial charge in [0.15, 0.2) is 0 Å². The van der Waals surface area contributed by atoms with E-state index in [4.69, 9.17) is 0 Å². The van der Waals surface area contributed by atoms with E-state index in [1.807, 2.05) is 7.05 Å². The molecule has 0 aromatic heterocycles. The van der Waals surface area contributed by atoms with Gasteiger partial charge in [0.25, 0.3) is 0 Å². The molecule has 1 saturated heterocycles. The molecule has 0 radical (unpaired) electrons. The summed E-state index contributed by atoms with van der Waals surface area (Å²) < 4.78 is 0. The summed E-state index contributed by atoms with van der Waals surface area (Å²) in [6.07, 6.45) is 1.81. The first-order valence-electron chi connectivity index (χ1n) is 3.75. The molecule has 0 atom stereocenters. The van der Waals surface area contributed by atoms with Crippen LogP contribution in [0.5, 0.6) is 0 Å². The van der Waals surface area contributed by atoms with E-state index in [-0.39, 0.29) is 5.78 Å². The van der Waals surface area contributed by atoms with Crippen LogP contribution in [0.15, 0.2) is 0 Å². The van der Waals surface area contributed by atoms with E-state index in [0.29, 0.717) is 5.91 Å². The van der Waals surface area contributed by atoms with Crippen molar-refractivity contribution in [2.24, 2.45) is 0 Å². The summed E-state index contributed by atoms with van der Waals surface area (Å²) >= 11 is 0. The van der Waals surface area contributed by atoms with Gasteiger partial charge < -0.3 is 9.69 Å². The van der Waals surface area contributed by atoms with Gasteiger partial charge in [-0.25, -0.2) is 0 Å². The summed E-state index contributed by atoms with van der Waals surface area (Å²) in [4.78, 5) is 21.7. The minimum Gasteiger partial charge on any atom is -0.346 e. The molecule has 1 aliphatic heterocycles. The van der Waals surface area contributed by atoms with Crippen molar-refractivity contribution in [1.29, 1.82) is 0 Å². The van der Waals surface area contributed by atoms with Crippen LogP contribution in [-0.4, -0.2) is 30.2 Å². The highest BCUT2D eigenvalue weighted by Crippen LogP contribution is 2.04. The molecule has 0 spiro atoms. The van der Waals surface area contributed by atoms with Crippen LogP contribution in [0.1, 0.15) is 26.7 Å². The number of amides is 1. The molecule has 0 aromatic rings. The van der Waals surface area contributed by atoms with Crippen LogP contribution in [0.4, 0.5) is 0 Å². The van der Waals surface area contributed by atoms with Crippen molar-refractivity contribution >= 4 is 11.7 Å². The minimum atomic E-state index is 0.167. The van der Waals surface area contributed by atoms with E-state index in [9.17, 15) is 9.59 Å². The van der Waals surface area contributed by atoms with Gasteiger partial charge in [0.2, 0.25) is 5.91 Å². The van der Waals surface area contributed by atoms with E-state index in [1.165, 1.54) is 13.8 Å². The molecule has 1 amide bonds. The topological polar surface area (TPSA) is 37.4 Å². The summed E-state index contributed by atoms with van der Waals surface area (Å²) in [7, 11) is 1.84. The zero-order valence-corrected chi connectivity index (χ0v) is 7.39. The molecule has 1 aliphatic rings. The number of hydrogen-bond acceptors (Lipinski definition) is 2. The van der Waals surface area contributed by atoms with Crippen molar-refractivity contribution < 1.29 is 9.59 Å². The van der Waals surface area contributed by atoms with Crippen molar-refractivity contribution in [3.05, 3.63) is 0 Å². The predicted octanol–water partition coefficient (Wildman–Crippen LogP) is 0.834. The third kappa shape index (κ3) is 5.58. The molecule has 0 N–H and O–H groups in total. The second-order valence-corrected chi connectivity index (χ2v) is 2.83. The van der Waals surface area contributed by atoms with E-state index < -0.39 is 0 Å². The minimum absolute atomic E-state index is 0.167. The SMILES string of the molecule is CC(C)=O.CN1CCCC1=O. The number of Topliss-reactive ketones (excluding diaryl/α,β-unsaturated/α-hetero) is 1. The molecule has 64 valence electrons. The Balaban J connectivity index is 0.000000218. The monoisotopic (exact) mass is 157 g/mol. The average molecular weight is 157 g/mol. The third-order valence-corrected chi connectivity index (χ3v) is 1.31. The molecule has 3 heteroatoms. The summed E-state index contributed by atoms with van der Waals surface area (Å²) in [5.41, 5.74) is 0. The predicted molar refractivity (Wildman–Crippen MR) is 43.2 cm³/mol.